The summed E-state index contributed by atoms with van der Waals surface area (Å²) < 4.78 is 16.8. The number of carbonyl (C=O) groups is 1. The van der Waals surface area contributed by atoms with Gasteiger partial charge in [-0.25, -0.2) is 0 Å². The molecule has 138 valence electrons. The maximum Gasteiger partial charge on any atom is 0.265 e. The van der Waals surface area contributed by atoms with Crippen molar-refractivity contribution in [2.45, 2.75) is 6.54 Å². The molecule has 4 rings (SSSR count). The standard InChI is InChI=1S/C21H19NO4S/c23-21(15-26-17-8-9-19-20(13-17)25-11-10-24-19)22(14-18-7-4-12-27-18)16-5-2-1-3-6-16/h1-9,12-13H,10-11,14-15H2. The lowest BCUT2D eigenvalue weighted by Gasteiger charge is -2.23. The molecule has 27 heavy (non-hydrogen) atoms. The number of rotatable bonds is 6. The van der Waals surface area contributed by atoms with Crippen LogP contribution in [0.5, 0.6) is 17.2 Å². The van der Waals surface area contributed by atoms with Crippen molar-refractivity contribution in [3.63, 3.8) is 0 Å². The van der Waals surface area contributed by atoms with Crippen LogP contribution in [-0.4, -0.2) is 25.7 Å². The Morgan fingerprint density at radius 3 is 2.59 bits per heavy atom. The normalized spacial score (nSPS) is 12.4. The van der Waals surface area contributed by atoms with Crippen molar-refractivity contribution in [3.05, 3.63) is 70.9 Å². The number of nitrogens with zero attached hydrogens (tertiary/aromatic N) is 1. The van der Waals surface area contributed by atoms with E-state index >= 15 is 0 Å². The second-order valence-electron chi connectivity index (χ2n) is 5.99. The van der Waals surface area contributed by atoms with Crippen LogP contribution in [0, 0.1) is 0 Å². The van der Waals surface area contributed by atoms with E-state index in [1.165, 1.54) is 0 Å². The lowest BCUT2D eigenvalue weighted by atomic mass is 10.2. The van der Waals surface area contributed by atoms with E-state index in [4.69, 9.17) is 14.2 Å². The number of thiophene rings is 1. The van der Waals surface area contributed by atoms with E-state index in [9.17, 15) is 4.79 Å². The molecule has 1 aliphatic heterocycles. The molecule has 2 heterocycles. The van der Waals surface area contributed by atoms with E-state index in [0.29, 0.717) is 37.0 Å². The highest BCUT2D eigenvalue weighted by Crippen LogP contribution is 2.33. The summed E-state index contributed by atoms with van der Waals surface area (Å²) in [4.78, 5) is 15.7. The molecule has 3 aromatic rings. The lowest BCUT2D eigenvalue weighted by molar-refractivity contribution is -0.120. The first-order chi connectivity index (χ1) is 13.3. The maximum absolute atomic E-state index is 12.9. The molecule has 1 aliphatic rings. The van der Waals surface area contributed by atoms with Crippen LogP contribution in [0.3, 0.4) is 0 Å². The first-order valence-electron chi connectivity index (χ1n) is 8.70. The van der Waals surface area contributed by atoms with E-state index in [1.807, 2.05) is 47.8 Å². The van der Waals surface area contributed by atoms with Gasteiger partial charge in [0.15, 0.2) is 18.1 Å². The Kier molecular flexibility index (Phi) is 5.25. The second kappa shape index (κ2) is 8.14. The van der Waals surface area contributed by atoms with Gasteiger partial charge >= 0.3 is 0 Å². The van der Waals surface area contributed by atoms with Crippen LogP contribution in [0.2, 0.25) is 0 Å². The summed E-state index contributed by atoms with van der Waals surface area (Å²) in [7, 11) is 0. The Hall–Kier alpha value is -2.99. The average Bonchev–Trinajstić information content (AvgIpc) is 3.24. The monoisotopic (exact) mass is 381 g/mol. The Bertz CT molecular complexity index is 896. The Labute approximate surface area is 161 Å². The fourth-order valence-corrected chi connectivity index (χ4v) is 3.52. The van der Waals surface area contributed by atoms with Crippen LogP contribution < -0.4 is 19.1 Å². The summed E-state index contributed by atoms with van der Waals surface area (Å²) in [5, 5.41) is 2.01. The number of ether oxygens (including phenoxy) is 3. The third kappa shape index (κ3) is 4.23. The van der Waals surface area contributed by atoms with Gasteiger partial charge in [0.2, 0.25) is 0 Å². The Morgan fingerprint density at radius 1 is 1.00 bits per heavy atom. The number of fused-ring (bicyclic) bond motifs is 1. The molecule has 0 fully saturated rings. The fourth-order valence-electron chi connectivity index (χ4n) is 2.83. The van der Waals surface area contributed by atoms with Crippen molar-refractivity contribution < 1.29 is 19.0 Å². The molecule has 5 nitrogen and oxygen atoms in total. The van der Waals surface area contributed by atoms with E-state index in [0.717, 1.165) is 10.6 Å². The molecule has 0 unspecified atom stereocenters. The van der Waals surface area contributed by atoms with Gasteiger partial charge in [-0.1, -0.05) is 24.3 Å². The minimum absolute atomic E-state index is 0.0556. The van der Waals surface area contributed by atoms with E-state index in [2.05, 4.69) is 0 Å². The summed E-state index contributed by atoms with van der Waals surface area (Å²) in [5.41, 5.74) is 0.849. The van der Waals surface area contributed by atoms with Crippen LogP contribution in [-0.2, 0) is 11.3 Å². The lowest BCUT2D eigenvalue weighted by Crippen LogP contribution is -2.34. The zero-order valence-electron chi connectivity index (χ0n) is 14.7. The molecular formula is C21H19NO4S. The topological polar surface area (TPSA) is 48.0 Å². The van der Waals surface area contributed by atoms with E-state index in [1.54, 1.807) is 34.4 Å². The number of hydrogen-bond donors (Lipinski definition) is 0. The molecule has 0 spiro atoms. The number of amides is 1. The van der Waals surface area contributed by atoms with Crippen molar-refractivity contribution in [1.82, 2.24) is 0 Å². The molecule has 0 saturated heterocycles. The van der Waals surface area contributed by atoms with Crippen LogP contribution in [0.1, 0.15) is 4.88 Å². The SMILES string of the molecule is O=C(COc1ccc2c(c1)OCCO2)N(Cc1cccs1)c1ccccc1. The van der Waals surface area contributed by atoms with E-state index < -0.39 is 0 Å². The van der Waals surface area contributed by atoms with Crippen molar-refractivity contribution in [3.8, 4) is 17.2 Å². The van der Waals surface area contributed by atoms with Crippen molar-refractivity contribution in [2.24, 2.45) is 0 Å². The minimum atomic E-state index is -0.107. The smallest absolute Gasteiger partial charge is 0.265 e. The van der Waals surface area contributed by atoms with Gasteiger partial charge in [0.05, 0.1) is 6.54 Å². The van der Waals surface area contributed by atoms with Crippen LogP contribution >= 0.6 is 11.3 Å². The van der Waals surface area contributed by atoms with Crippen LogP contribution in [0.25, 0.3) is 0 Å². The summed E-state index contributed by atoms with van der Waals surface area (Å²) in [6, 6.07) is 19.0. The molecule has 0 atom stereocenters. The minimum Gasteiger partial charge on any atom is -0.486 e. The largest absolute Gasteiger partial charge is 0.486 e. The molecule has 1 amide bonds. The predicted molar refractivity (Wildman–Crippen MR) is 105 cm³/mol. The van der Waals surface area contributed by atoms with Gasteiger partial charge in [0.1, 0.15) is 19.0 Å². The zero-order valence-corrected chi connectivity index (χ0v) is 15.5. The highest BCUT2D eigenvalue weighted by Gasteiger charge is 2.18. The highest BCUT2D eigenvalue weighted by atomic mass is 32.1. The number of benzene rings is 2. The van der Waals surface area contributed by atoms with Gasteiger partial charge < -0.3 is 19.1 Å². The quantitative estimate of drug-likeness (QED) is 0.644. The highest BCUT2D eigenvalue weighted by molar-refractivity contribution is 7.09. The van der Waals surface area contributed by atoms with Crippen molar-refractivity contribution in [1.29, 1.82) is 0 Å². The molecule has 0 bridgehead atoms. The summed E-state index contributed by atoms with van der Waals surface area (Å²) >= 11 is 1.63. The zero-order chi connectivity index (χ0) is 18.5. The number of para-hydroxylation sites is 1. The summed E-state index contributed by atoms with van der Waals surface area (Å²) in [6.07, 6.45) is 0. The Balaban J connectivity index is 1.47. The third-order valence-corrected chi connectivity index (χ3v) is 5.00. The number of hydrogen-bond acceptors (Lipinski definition) is 5. The van der Waals surface area contributed by atoms with E-state index in [-0.39, 0.29) is 12.5 Å². The first-order valence-corrected chi connectivity index (χ1v) is 9.58. The molecular weight excluding hydrogens is 362 g/mol. The van der Waals surface area contributed by atoms with Crippen molar-refractivity contribution in [2.75, 3.05) is 24.7 Å². The molecule has 0 radical (unpaired) electrons. The molecule has 0 N–H and O–H groups in total. The molecule has 2 aromatic carbocycles. The molecule has 6 heteroatoms. The van der Waals surface area contributed by atoms with Crippen LogP contribution in [0.4, 0.5) is 5.69 Å². The van der Waals surface area contributed by atoms with Gasteiger partial charge in [0, 0.05) is 16.6 Å². The van der Waals surface area contributed by atoms with Gasteiger partial charge in [0.25, 0.3) is 5.91 Å². The molecule has 0 aliphatic carbocycles. The Morgan fingerprint density at radius 2 is 1.81 bits per heavy atom. The van der Waals surface area contributed by atoms with Gasteiger partial charge in [-0.05, 0) is 35.7 Å². The number of carbonyl (C=O) groups excluding carboxylic acids is 1. The van der Waals surface area contributed by atoms with Crippen LogP contribution in [0.15, 0.2) is 66.0 Å². The molecule has 0 saturated carbocycles. The molecule has 1 aromatic heterocycles. The van der Waals surface area contributed by atoms with Gasteiger partial charge in [-0.15, -0.1) is 11.3 Å². The number of anilines is 1. The van der Waals surface area contributed by atoms with Gasteiger partial charge in [-0.3, -0.25) is 4.79 Å². The third-order valence-electron chi connectivity index (χ3n) is 4.14. The first kappa shape index (κ1) is 17.4. The average molecular weight is 381 g/mol. The van der Waals surface area contributed by atoms with Gasteiger partial charge in [-0.2, -0.15) is 0 Å². The predicted octanol–water partition coefficient (Wildman–Crippen LogP) is 4.13. The fraction of sp³-hybridized carbons (Fsp3) is 0.190. The summed E-state index contributed by atoms with van der Waals surface area (Å²) in [6.45, 7) is 1.52. The maximum atomic E-state index is 12.9. The second-order valence-corrected chi connectivity index (χ2v) is 7.02. The summed E-state index contributed by atoms with van der Waals surface area (Å²) in [5.74, 6) is 1.81. The van der Waals surface area contributed by atoms with Crippen molar-refractivity contribution >= 4 is 22.9 Å².